The Balaban J connectivity index is 2.02. The molecule has 0 bridgehead atoms. The molecule has 0 fully saturated rings. The summed E-state index contributed by atoms with van der Waals surface area (Å²) in [7, 11) is 0. The summed E-state index contributed by atoms with van der Waals surface area (Å²) in [6.45, 7) is 4.24. The van der Waals surface area contributed by atoms with Crippen LogP contribution in [0.1, 0.15) is 29.1 Å². The van der Waals surface area contributed by atoms with E-state index in [4.69, 9.17) is 5.84 Å². The molecule has 0 amide bonds. The maximum absolute atomic E-state index is 5.48. The fraction of sp³-hybridized carbons (Fsp3) is 0.286. The van der Waals surface area contributed by atoms with Gasteiger partial charge in [-0.2, -0.15) is 4.98 Å². The third-order valence-electron chi connectivity index (χ3n) is 3.25. The van der Waals surface area contributed by atoms with Gasteiger partial charge >= 0.3 is 0 Å². The number of nitrogens with zero attached hydrogens (tertiary/aromatic N) is 2. The summed E-state index contributed by atoms with van der Waals surface area (Å²) in [5.41, 5.74) is 2.54. The Morgan fingerprint density at radius 3 is 2.90 bits per heavy atom. The average molecular weight is 319 g/mol. The van der Waals surface area contributed by atoms with E-state index in [1.165, 1.54) is 9.75 Å². The number of hydrogen-bond acceptors (Lipinski definition) is 7. The first-order valence-electron chi connectivity index (χ1n) is 6.76. The summed E-state index contributed by atoms with van der Waals surface area (Å²) in [6.07, 6.45) is 0.987. The second-order valence-electron chi connectivity index (χ2n) is 4.74. The van der Waals surface area contributed by atoms with Crippen molar-refractivity contribution in [3.05, 3.63) is 33.3 Å². The molecule has 7 heteroatoms. The summed E-state index contributed by atoms with van der Waals surface area (Å²) in [5, 5.41) is 6.67. The molecule has 0 aromatic carbocycles. The van der Waals surface area contributed by atoms with E-state index >= 15 is 0 Å². The van der Waals surface area contributed by atoms with Crippen LogP contribution in [0.25, 0.3) is 10.2 Å². The van der Waals surface area contributed by atoms with Crippen molar-refractivity contribution in [2.75, 3.05) is 10.7 Å². The monoisotopic (exact) mass is 319 g/mol. The molecule has 3 aromatic rings. The Hall–Kier alpha value is -1.70. The molecule has 0 saturated heterocycles. The summed E-state index contributed by atoms with van der Waals surface area (Å²) in [4.78, 5) is 12.3. The quantitative estimate of drug-likeness (QED) is 0.491. The number of hydrogen-bond donors (Lipinski definition) is 3. The molecule has 0 aliphatic rings. The largest absolute Gasteiger partial charge is 0.362 e. The number of nitrogens with one attached hydrogen (secondary N) is 2. The molecule has 0 aliphatic carbocycles. The van der Waals surface area contributed by atoms with E-state index in [1.807, 2.05) is 0 Å². The van der Waals surface area contributed by atoms with Gasteiger partial charge in [0.25, 0.3) is 0 Å². The van der Waals surface area contributed by atoms with Crippen molar-refractivity contribution < 1.29 is 0 Å². The van der Waals surface area contributed by atoms with Crippen LogP contribution in [0.2, 0.25) is 0 Å². The molecule has 0 radical (unpaired) electrons. The summed E-state index contributed by atoms with van der Waals surface area (Å²) < 4.78 is 0. The zero-order valence-corrected chi connectivity index (χ0v) is 13.5. The minimum Gasteiger partial charge on any atom is -0.362 e. The van der Waals surface area contributed by atoms with Gasteiger partial charge in [-0.1, -0.05) is 13.0 Å². The zero-order valence-electron chi connectivity index (χ0n) is 11.9. The van der Waals surface area contributed by atoms with E-state index < -0.39 is 0 Å². The highest BCUT2D eigenvalue weighted by molar-refractivity contribution is 7.18. The van der Waals surface area contributed by atoms with Crippen molar-refractivity contribution in [3.63, 3.8) is 0 Å². The molecule has 5 nitrogen and oxygen atoms in total. The van der Waals surface area contributed by atoms with Crippen molar-refractivity contribution in [3.8, 4) is 0 Å². The van der Waals surface area contributed by atoms with E-state index in [0.29, 0.717) is 5.95 Å². The van der Waals surface area contributed by atoms with Crippen LogP contribution in [0.4, 0.5) is 11.8 Å². The van der Waals surface area contributed by atoms with Crippen LogP contribution in [-0.2, 0) is 0 Å². The maximum Gasteiger partial charge on any atom is 0.240 e. The van der Waals surface area contributed by atoms with Gasteiger partial charge < -0.3 is 5.32 Å². The van der Waals surface area contributed by atoms with Crippen LogP contribution in [0.15, 0.2) is 23.6 Å². The zero-order chi connectivity index (χ0) is 14.8. The average Bonchev–Trinajstić information content (AvgIpc) is 3.12. The summed E-state index contributed by atoms with van der Waals surface area (Å²) >= 11 is 3.40. The Bertz CT molecular complexity index is 735. The van der Waals surface area contributed by atoms with Gasteiger partial charge in [-0.05, 0) is 30.9 Å². The highest BCUT2D eigenvalue weighted by Crippen LogP contribution is 2.33. The minimum absolute atomic E-state index is 0.244. The van der Waals surface area contributed by atoms with Crippen LogP contribution in [0, 0.1) is 6.92 Å². The van der Waals surface area contributed by atoms with Crippen LogP contribution in [0.3, 0.4) is 0 Å². The molecule has 3 rings (SSSR count). The van der Waals surface area contributed by atoms with Gasteiger partial charge in [0.1, 0.15) is 10.6 Å². The molecule has 0 spiro atoms. The van der Waals surface area contributed by atoms with Gasteiger partial charge in [-0.15, -0.1) is 22.7 Å². The Kier molecular flexibility index (Phi) is 4.05. The number of rotatable bonds is 5. The highest BCUT2D eigenvalue weighted by Gasteiger charge is 2.15. The second kappa shape index (κ2) is 5.97. The molecule has 0 saturated carbocycles. The van der Waals surface area contributed by atoms with Crippen LogP contribution >= 0.6 is 22.7 Å². The van der Waals surface area contributed by atoms with Crippen LogP contribution in [-0.4, -0.2) is 9.97 Å². The predicted octanol–water partition coefficient (Wildman–Crippen LogP) is 3.91. The number of thiophene rings is 2. The third-order valence-corrected chi connectivity index (χ3v) is 5.18. The fourth-order valence-corrected chi connectivity index (χ4v) is 3.99. The van der Waals surface area contributed by atoms with Crippen molar-refractivity contribution in [2.45, 2.75) is 26.3 Å². The Morgan fingerprint density at radius 2 is 2.24 bits per heavy atom. The molecule has 1 unspecified atom stereocenters. The normalized spacial score (nSPS) is 12.5. The summed E-state index contributed by atoms with van der Waals surface area (Å²) in [5.74, 6) is 6.75. The number of hydrazine groups is 1. The number of nitrogens with two attached hydrogens (primary N) is 1. The minimum atomic E-state index is 0.244. The Labute approximate surface area is 131 Å². The first kappa shape index (κ1) is 14.2. The summed E-state index contributed by atoms with van der Waals surface area (Å²) in [6, 6.07) is 6.57. The molecular weight excluding hydrogens is 302 g/mol. The van der Waals surface area contributed by atoms with Crippen molar-refractivity contribution in [1.82, 2.24) is 9.97 Å². The molecule has 4 N–H and O–H groups in total. The number of aromatic nitrogens is 2. The lowest BCUT2D eigenvalue weighted by atomic mass is 10.2. The van der Waals surface area contributed by atoms with Gasteiger partial charge in [0, 0.05) is 9.75 Å². The predicted molar refractivity (Wildman–Crippen MR) is 90.9 cm³/mol. The van der Waals surface area contributed by atoms with E-state index in [2.05, 4.69) is 58.1 Å². The topological polar surface area (TPSA) is 75.9 Å². The first-order chi connectivity index (χ1) is 10.2. The molecule has 21 heavy (non-hydrogen) atoms. The second-order valence-corrected chi connectivity index (χ2v) is 6.95. The van der Waals surface area contributed by atoms with Gasteiger partial charge in [0.05, 0.1) is 11.4 Å². The highest BCUT2D eigenvalue weighted by atomic mass is 32.1. The molecule has 3 heterocycles. The van der Waals surface area contributed by atoms with Crippen LogP contribution in [0.5, 0.6) is 0 Å². The van der Waals surface area contributed by atoms with E-state index in [1.54, 1.807) is 22.7 Å². The molecule has 0 aliphatic heterocycles. The van der Waals surface area contributed by atoms with E-state index in [9.17, 15) is 0 Å². The van der Waals surface area contributed by atoms with Gasteiger partial charge in [0.15, 0.2) is 0 Å². The van der Waals surface area contributed by atoms with Crippen LogP contribution < -0.4 is 16.6 Å². The SMILES string of the molecule is CCC(Nc1nc(NN)nc2sc(C)cc12)c1cccs1. The smallest absolute Gasteiger partial charge is 0.240 e. The maximum atomic E-state index is 5.48. The fourth-order valence-electron chi connectivity index (χ4n) is 2.25. The lowest BCUT2D eigenvalue weighted by Crippen LogP contribution is -2.14. The van der Waals surface area contributed by atoms with E-state index in [-0.39, 0.29) is 6.04 Å². The Morgan fingerprint density at radius 1 is 1.38 bits per heavy atom. The number of nitrogen functional groups attached to an aromatic ring is 1. The number of fused-ring (bicyclic) bond motifs is 1. The molecular formula is C14H17N5S2. The first-order valence-corrected chi connectivity index (χ1v) is 8.45. The van der Waals surface area contributed by atoms with Gasteiger partial charge in [-0.3, -0.25) is 5.43 Å². The molecule has 1 atom stereocenters. The van der Waals surface area contributed by atoms with Crippen molar-refractivity contribution >= 4 is 44.7 Å². The van der Waals surface area contributed by atoms with E-state index in [0.717, 1.165) is 22.5 Å². The third kappa shape index (κ3) is 2.85. The molecule has 110 valence electrons. The van der Waals surface area contributed by atoms with Gasteiger partial charge in [0.2, 0.25) is 5.95 Å². The standard InChI is InChI=1S/C14H17N5S2/c1-3-10(11-5-4-6-20-11)16-12-9-7-8(2)21-13(9)18-14(17-12)19-15/h4-7,10H,3,15H2,1-2H3,(H2,16,17,18,19). The number of anilines is 2. The lowest BCUT2D eigenvalue weighted by Gasteiger charge is -2.17. The lowest BCUT2D eigenvalue weighted by molar-refractivity contribution is 0.760. The van der Waals surface area contributed by atoms with Gasteiger partial charge in [-0.25, -0.2) is 10.8 Å². The van der Waals surface area contributed by atoms with Crippen molar-refractivity contribution in [1.29, 1.82) is 0 Å². The van der Waals surface area contributed by atoms with Crippen molar-refractivity contribution in [2.24, 2.45) is 5.84 Å². The number of aryl methyl sites for hydroxylation is 1. The molecule has 3 aromatic heterocycles.